The lowest BCUT2D eigenvalue weighted by atomic mass is 10.1. The SMILES string of the molecule is Nc1cc(CCN2CCOCC2)ccc1O. The van der Waals surface area contributed by atoms with Gasteiger partial charge >= 0.3 is 0 Å². The molecule has 1 fully saturated rings. The number of ether oxygens (including phenoxy) is 1. The van der Waals surface area contributed by atoms with Crippen molar-refractivity contribution in [2.45, 2.75) is 6.42 Å². The highest BCUT2D eigenvalue weighted by Crippen LogP contribution is 2.20. The van der Waals surface area contributed by atoms with Gasteiger partial charge in [-0.15, -0.1) is 0 Å². The van der Waals surface area contributed by atoms with Gasteiger partial charge in [0.1, 0.15) is 5.75 Å². The molecule has 0 unspecified atom stereocenters. The minimum atomic E-state index is 0.162. The summed E-state index contributed by atoms with van der Waals surface area (Å²) in [6.07, 6.45) is 0.963. The zero-order valence-electron chi connectivity index (χ0n) is 9.35. The third-order valence-electron chi connectivity index (χ3n) is 2.91. The summed E-state index contributed by atoms with van der Waals surface area (Å²) >= 11 is 0. The van der Waals surface area contributed by atoms with Gasteiger partial charge in [0.15, 0.2) is 0 Å². The number of morpholine rings is 1. The number of phenolic OH excluding ortho intramolecular Hbond substituents is 1. The molecule has 1 saturated heterocycles. The molecule has 88 valence electrons. The molecule has 1 aromatic carbocycles. The summed E-state index contributed by atoms with van der Waals surface area (Å²) in [5.74, 6) is 0.162. The predicted molar refractivity (Wildman–Crippen MR) is 63.5 cm³/mol. The first-order valence-corrected chi connectivity index (χ1v) is 5.63. The fourth-order valence-electron chi connectivity index (χ4n) is 1.87. The fourth-order valence-corrected chi connectivity index (χ4v) is 1.87. The van der Waals surface area contributed by atoms with Crippen LogP contribution in [0.1, 0.15) is 5.56 Å². The monoisotopic (exact) mass is 222 g/mol. The maximum absolute atomic E-state index is 9.31. The minimum Gasteiger partial charge on any atom is -0.506 e. The van der Waals surface area contributed by atoms with Crippen molar-refractivity contribution in [1.82, 2.24) is 4.90 Å². The van der Waals surface area contributed by atoms with E-state index in [2.05, 4.69) is 4.90 Å². The summed E-state index contributed by atoms with van der Waals surface area (Å²) in [5, 5.41) is 9.31. The molecule has 0 spiro atoms. The lowest BCUT2D eigenvalue weighted by Crippen LogP contribution is -2.37. The number of anilines is 1. The largest absolute Gasteiger partial charge is 0.506 e. The second kappa shape index (κ2) is 5.18. The molecule has 1 heterocycles. The molecule has 0 radical (unpaired) electrons. The van der Waals surface area contributed by atoms with Gasteiger partial charge in [-0.1, -0.05) is 6.07 Å². The molecule has 2 rings (SSSR count). The first-order valence-electron chi connectivity index (χ1n) is 5.63. The van der Waals surface area contributed by atoms with Gasteiger partial charge in [-0.3, -0.25) is 4.90 Å². The van der Waals surface area contributed by atoms with E-state index in [0.717, 1.165) is 39.3 Å². The molecule has 1 aliphatic rings. The predicted octanol–water partition coefficient (Wildman–Crippen LogP) is 0.849. The van der Waals surface area contributed by atoms with Gasteiger partial charge in [0.05, 0.1) is 18.9 Å². The third-order valence-corrected chi connectivity index (χ3v) is 2.91. The highest BCUT2D eigenvalue weighted by Gasteiger charge is 2.10. The molecule has 4 heteroatoms. The van der Waals surface area contributed by atoms with E-state index in [1.807, 2.05) is 12.1 Å². The Balaban J connectivity index is 1.86. The molecule has 16 heavy (non-hydrogen) atoms. The molecule has 4 nitrogen and oxygen atoms in total. The smallest absolute Gasteiger partial charge is 0.138 e. The second-order valence-corrected chi connectivity index (χ2v) is 4.10. The molecule has 0 aliphatic carbocycles. The van der Waals surface area contributed by atoms with Gasteiger partial charge in [-0.2, -0.15) is 0 Å². The van der Waals surface area contributed by atoms with Crippen molar-refractivity contribution in [3.8, 4) is 5.75 Å². The number of hydrogen-bond donors (Lipinski definition) is 2. The Morgan fingerprint density at radius 3 is 2.75 bits per heavy atom. The van der Waals surface area contributed by atoms with E-state index < -0.39 is 0 Å². The Labute approximate surface area is 95.6 Å². The summed E-state index contributed by atoms with van der Waals surface area (Å²) in [6, 6.07) is 5.42. The standard InChI is InChI=1S/C12H18N2O2/c13-11-9-10(1-2-12(11)15)3-4-14-5-7-16-8-6-14/h1-2,9,15H,3-8,13H2. The fraction of sp³-hybridized carbons (Fsp3) is 0.500. The normalized spacial score (nSPS) is 17.5. The van der Waals surface area contributed by atoms with E-state index in [1.165, 1.54) is 5.56 Å². The average Bonchev–Trinajstić information content (AvgIpc) is 2.32. The van der Waals surface area contributed by atoms with Crippen molar-refractivity contribution in [2.75, 3.05) is 38.6 Å². The maximum atomic E-state index is 9.31. The van der Waals surface area contributed by atoms with Crippen molar-refractivity contribution in [1.29, 1.82) is 0 Å². The van der Waals surface area contributed by atoms with Crippen LogP contribution in [0.15, 0.2) is 18.2 Å². The molecule has 0 atom stereocenters. The van der Waals surface area contributed by atoms with Gasteiger partial charge < -0.3 is 15.6 Å². The quantitative estimate of drug-likeness (QED) is 0.588. The molecule has 0 bridgehead atoms. The van der Waals surface area contributed by atoms with Crippen LogP contribution < -0.4 is 5.73 Å². The van der Waals surface area contributed by atoms with E-state index >= 15 is 0 Å². The van der Waals surface area contributed by atoms with Crippen molar-refractivity contribution in [2.24, 2.45) is 0 Å². The van der Waals surface area contributed by atoms with Gasteiger partial charge in [0.25, 0.3) is 0 Å². The van der Waals surface area contributed by atoms with Crippen LogP contribution in [-0.4, -0.2) is 42.9 Å². The van der Waals surface area contributed by atoms with Crippen LogP contribution in [0.3, 0.4) is 0 Å². The van der Waals surface area contributed by atoms with Crippen LogP contribution in [0.5, 0.6) is 5.75 Å². The van der Waals surface area contributed by atoms with E-state index in [4.69, 9.17) is 10.5 Å². The number of phenols is 1. The number of nitrogens with zero attached hydrogens (tertiary/aromatic N) is 1. The number of nitrogen functional groups attached to an aromatic ring is 1. The van der Waals surface area contributed by atoms with E-state index in [1.54, 1.807) is 6.07 Å². The highest BCUT2D eigenvalue weighted by molar-refractivity contribution is 5.53. The number of aromatic hydroxyl groups is 1. The van der Waals surface area contributed by atoms with Crippen LogP contribution in [0.25, 0.3) is 0 Å². The van der Waals surface area contributed by atoms with Crippen LogP contribution in [0, 0.1) is 0 Å². The number of hydrogen-bond acceptors (Lipinski definition) is 4. The lowest BCUT2D eigenvalue weighted by Gasteiger charge is -2.26. The first kappa shape index (κ1) is 11.2. The summed E-state index contributed by atoms with van der Waals surface area (Å²) in [5.41, 5.74) is 7.27. The van der Waals surface area contributed by atoms with Crippen LogP contribution >= 0.6 is 0 Å². The Hall–Kier alpha value is -1.26. The number of nitrogens with two attached hydrogens (primary N) is 1. The van der Waals surface area contributed by atoms with Crippen molar-refractivity contribution < 1.29 is 9.84 Å². The molecule has 0 saturated carbocycles. The van der Waals surface area contributed by atoms with Crippen LogP contribution in [0.2, 0.25) is 0 Å². The topological polar surface area (TPSA) is 58.7 Å². The van der Waals surface area contributed by atoms with Crippen LogP contribution in [0.4, 0.5) is 5.69 Å². The van der Waals surface area contributed by atoms with Gasteiger partial charge in [0.2, 0.25) is 0 Å². The molecule has 0 amide bonds. The van der Waals surface area contributed by atoms with E-state index in [-0.39, 0.29) is 5.75 Å². The Morgan fingerprint density at radius 1 is 1.31 bits per heavy atom. The third kappa shape index (κ3) is 2.87. The maximum Gasteiger partial charge on any atom is 0.138 e. The molecule has 1 aliphatic heterocycles. The minimum absolute atomic E-state index is 0.162. The van der Waals surface area contributed by atoms with Crippen LogP contribution in [-0.2, 0) is 11.2 Å². The second-order valence-electron chi connectivity index (χ2n) is 4.10. The summed E-state index contributed by atoms with van der Waals surface area (Å²) in [4.78, 5) is 2.38. The van der Waals surface area contributed by atoms with Gasteiger partial charge in [-0.05, 0) is 24.1 Å². The van der Waals surface area contributed by atoms with E-state index in [9.17, 15) is 5.11 Å². The highest BCUT2D eigenvalue weighted by atomic mass is 16.5. The zero-order valence-corrected chi connectivity index (χ0v) is 9.35. The Bertz CT molecular complexity index is 349. The van der Waals surface area contributed by atoms with Crippen molar-refractivity contribution >= 4 is 5.69 Å². The van der Waals surface area contributed by atoms with Crippen molar-refractivity contribution in [3.05, 3.63) is 23.8 Å². The molecule has 3 N–H and O–H groups in total. The first-order chi connectivity index (χ1) is 7.75. The molecular weight excluding hydrogens is 204 g/mol. The average molecular weight is 222 g/mol. The van der Waals surface area contributed by atoms with E-state index in [0.29, 0.717) is 5.69 Å². The lowest BCUT2D eigenvalue weighted by molar-refractivity contribution is 0.0384. The molecule has 1 aromatic rings. The van der Waals surface area contributed by atoms with Crippen molar-refractivity contribution in [3.63, 3.8) is 0 Å². The molecular formula is C12H18N2O2. The van der Waals surface area contributed by atoms with Gasteiger partial charge in [-0.25, -0.2) is 0 Å². The van der Waals surface area contributed by atoms with Gasteiger partial charge in [0, 0.05) is 19.6 Å². The zero-order chi connectivity index (χ0) is 11.4. The summed E-state index contributed by atoms with van der Waals surface area (Å²) in [6.45, 7) is 4.70. The summed E-state index contributed by atoms with van der Waals surface area (Å²) < 4.78 is 5.29. The summed E-state index contributed by atoms with van der Waals surface area (Å²) in [7, 11) is 0. The number of rotatable bonds is 3. The molecule has 0 aromatic heterocycles. The Morgan fingerprint density at radius 2 is 2.06 bits per heavy atom. The Kier molecular flexibility index (Phi) is 3.64. The number of benzene rings is 1.